The van der Waals surface area contributed by atoms with Crippen molar-refractivity contribution in [2.75, 3.05) is 23.3 Å². The summed E-state index contributed by atoms with van der Waals surface area (Å²) in [5.41, 5.74) is 0.551. The Morgan fingerprint density at radius 2 is 1.79 bits per heavy atom. The fourth-order valence-corrected chi connectivity index (χ4v) is 5.07. The largest absolute Gasteiger partial charge is 0.495 e. The zero-order valence-electron chi connectivity index (χ0n) is 17.6. The second kappa shape index (κ2) is 9.25. The highest BCUT2D eigenvalue weighted by molar-refractivity contribution is 7.93. The lowest BCUT2D eigenvalue weighted by Gasteiger charge is -2.25. The molecule has 168 valence electrons. The minimum absolute atomic E-state index is 0.0109. The van der Waals surface area contributed by atoms with Gasteiger partial charge in [0.15, 0.2) is 0 Å². The molecule has 33 heavy (non-hydrogen) atoms. The number of hydrogen-bond donors (Lipinski definition) is 1. The third-order valence-corrected chi connectivity index (χ3v) is 6.82. The van der Waals surface area contributed by atoms with Gasteiger partial charge in [0.2, 0.25) is 5.91 Å². The number of pyridine rings is 1. The van der Waals surface area contributed by atoms with E-state index < -0.39 is 28.3 Å². The van der Waals surface area contributed by atoms with Crippen LogP contribution in [0.2, 0.25) is 0 Å². The van der Waals surface area contributed by atoms with Gasteiger partial charge in [-0.15, -0.1) is 0 Å². The molecule has 0 spiro atoms. The average molecular weight is 466 g/mol. The van der Waals surface area contributed by atoms with Crippen molar-refractivity contribution in [2.45, 2.75) is 4.90 Å². The number of amides is 1. The first-order valence-corrected chi connectivity index (χ1v) is 11.4. The lowest BCUT2D eigenvalue weighted by atomic mass is 10.2. The van der Waals surface area contributed by atoms with E-state index in [4.69, 9.17) is 4.74 Å². The molecule has 4 rings (SSSR count). The van der Waals surface area contributed by atoms with Crippen molar-refractivity contribution >= 4 is 38.1 Å². The van der Waals surface area contributed by atoms with Gasteiger partial charge in [0.25, 0.3) is 10.0 Å². The summed E-state index contributed by atoms with van der Waals surface area (Å²) in [6.45, 7) is -0.534. The number of nitrogens with one attached hydrogen (secondary N) is 1. The van der Waals surface area contributed by atoms with Gasteiger partial charge < -0.3 is 10.1 Å². The van der Waals surface area contributed by atoms with E-state index in [0.717, 1.165) is 16.4 Å². The summed E-state index contributed by atoms with van der Waals surface area (Å²) in [5.74, 6) is -0.677. The fraction of sp³-hybridized carbons (Fsp3) is 0.0833. The Hall–Kier alpha value is -3.98. The van der Waals surface area contributed by atoms with Crippen LogP contribution in [0.3, 0.4) is 0 Å². The highest BCUT2D eigenvalue weighted by Crippen LogP contribution is 2.29. The molecule has 1 N–H and O–H groups in total. The van der Waals surface area contributed by atoms with Crippen molar-refractivity contribution < 1.29 is 22.3 Å². The number of methoxy groups -OCH3 is 1. The number of para-hydroxylation sites is 2. The van der Waals surface area contributed by atoms with E-state index in [-0.39, 0.29) is 10.6 Å². The van der Waals surface area contributed by atoms with Crippen molar-refractivity contribution in [2.24, 2.45) is 0 Å². The molecule has 0 aliphatic rings. The van der Waals surface area contributed by atoms with Crippen LogP contribution < -0.4 is 14.4 Å². The highest BCUT2D eigenvalue weighted by Gasteiger charge is 2.29. The van der Waals surface area contributed by atoms with E-state index in [0.29, 0.717) is 22.2 Å². The van der Waals surface area contributed by atoms with Crippen molar-refractivity contribution in [3.63, 3.8) is 0 Å². The van der Waals surface area contributed by atoms with Crippen LogP contribution >= 0.6 is 0 Å². The third kappa shape index (κ3) is 4.63. The molecule has 3 aromatic carbocycles. The van der Waals surface area contributed by atoms with Crippen molar-refractivity contribution in [3.8, 4) is 5.75 Å². The normalized spacial score (nSPS) is 11.2. The van der Waals surface area contributed by atoms with Crippen LogP contribution in [0.1, 0.15) is 0 Å². The van der Waals surface area contributed by atoms with Gasteiger partial charge in [0.05, 0.1) is 23.4 Å². The van der Waals surface area contributed by atoms with Crippen LogP contribution in [0, 0.1) is 5.82 Å². The maximum absolute atomic E-state index is 13.7. The Labute approximate surface area is 190 Å². The molecule has 0 bridgehead atoms. The number of anilines is 2. The van der Waals surface area contributed by atoms with E-state index in [9.17, 15) is 17.6 Å². The first-order valence-electron chi connectivity index (χ1n) is 9.94. The standard InChI is InChI=1S/C24H20FN3O4S/c1-32-22-7-3-2-6-21(22)27-24(29)16-28(19-11-9-18(25)10-12-19)33(30,31)23-8-4-5-17-15-26-14-13-20(17)23/h2-15H,16H2,1H3,(H,27,29). The highest BCUT2D eigenvalue weighted by atomic mass is 32.2. The molecule has 7 nitrogen and oxygen atoms in total. The summed E-state index contributed by atoms with van der Waals surface area (Å²) in [6, 6.07) is 18.1. The second-order valence-corrected chi connectivity index (χ2v) is 8.92. The second-order valence-electron chi connectivity index (χ2n) is 7.09. The summed E-state index contributed by atoms with van der Waals surface area (Å²) in [5, 5.41) is 3.78. The number of carbonyl (C=O) groups is 1. The van der Waals surface area contributed by atoms with Crippen LogP contribution in [0.25, 0.3) is 10.8 Å². The van der Waals surface area contributed by atoms with E-state index in [1.807, 2.05) is 0 Å². The lowest BCUT2D eigenvalue weighted by Crippen LogP contribution is -2.38. The van der Waals surface area contributed by atoms with Crippen molar-refractivity contribution in [1.29, 1.82) is 0 Å². The fourth-order valence-electron chi connectivity index (χ4n) is 3.43. The van der Waals surface area contributed by atoms with Gasteiger partial charge >= 0.3 is 0 Å². The Balaban J connectivity index is 1.75. The van der Waals surface area contributed by atoms with Gasteiger partial charge in [-0.2, -0.15) is 0 Å². The maximum atomic E-state index is 13.7. The summed E-state index contributed by atoms with van der Waals surface area (Å²) in [7, 11) is -2.74. The molecule has 0 saturated carbocycles. The number of ether oxygens (including phenoxy) is 1. The number of hydrogen-bond acceptors (Lipinski definition) is 5. The molecule has 0 atom stereocenters. The molecule has 0 fully saturated rings. The first-order chi connectivity index (χ1) is 15.9. The van der Waals surface area contributed by atoms with E-state index >= 15 is 0 Å². The number of sulfonamides is 1. The number of aromatic nitrogens is 1. The number of rotatable bonds is 7. The minimum atomic E-state index is -4.21. The van der Waals surface area contributed by atoms with Gasteiger partial charge in [-0.1, -0.05) is 24.3 Å². The molecule has 0 saturated heterocycles. The number of fused-ring (bicyclic) bond motifs is 1. The van der Waals surface area contributed by atoms with E-state index in [2.05, 4.69) is 10.3 Å². The number of benzene rings is 3. The van der Waals surface area contributed by atoms with Crippen molar-refractivity contribution in [3.05, 3.63) is 91.0 Å². The van der Waals surface area contributed by atoms with Gasteiger partial charge in [-0.3, -0.25) is 14.1 Å². The monoisotopic (exact) mass is 465 g/mol. The summed E-state index contributed by atoms with van der Waals surface area (Å²) in [4.78, 5) is 17.0. The summed E-state index contributed by atoms with van der Waals surface area (Å²) in [6.07, 6.45) is 3.06. The molecule has 1 heterocycles. The van der Waals surface area contributed by atoms with Crippen LogP contribution in [-0.4, -0.2) is 33.0 Å². The zero-order valence-corrected chi connectivity index (χ0v) is 18.4. The van der Waals surface area contributed by atoms with E-state index in [1.165, 1.54) is 31.5 Å². The number of halogens is 1. The SMILES string of the molecule is COc1ccccc1NC(=O)CN(c1ccc(F)cc1)S(=O)(=O)c1cccc2cnccc12. The molecule has 1 aromatic heterocycles. The minimum Gasteiger partial charge on any atom is -0.495 e. The topological polar surface area (TPSA) is 88.6 Å². The number of carbonyl (C=O) groups excluding carboxylic acids is 1. The number of nitrogens with zero attached hydrogens (tertiary/aromatic N) is 2. The molecule has 0 aliphatic heterocycles. The average Bonchev–Trinajstić information content (AvgIpc) is 2.83. The van der Waals surface area contributed by atoms with Gasteiger partial charge in [0, 0.05) is 23.2 Å². The Kier molecular flexibility index (Phi) is 6.23. The van der Waals surface area contributed by atoms with Crippen LogP contribution in [0.15, 0.2) is 90.1 Å². The predicted octanol–water partition coefficient (Wildman–Crippen LogP) is 4.22. The molecule has 0 unspecified atom stereocenters. The van der Waals surface area contributed by atoms with Gasteiger partial charge in [0.1, 0.15) is 18.1 Å². The quantitative estimate of drug-likeness (QED) is 0.442. The lowest BCUT2D eigenvalue weighted by molar-refractivity contribution is -0.114. The van der Waals surface area contributed by atoms with Gasteiger partial charge in [-0.05, 0) is 48.5 Å². The summed E-state index contributed by atoms with van der Waals surface area (Å²) < 4.78 is 47.2. The Bertz CT molecular complexity index is 1400. The van der Waals surface area contributed by atoms with E-state index in [1.54, 1.807) is 48.7 Å². The zero-order chi connectivity index (χ0) is 23.4. The van der Waals surface area contributed by atoms with Crippen LogP contribution in [0.4, 0.5) is 15.8 Å². The van der Waals surface area contributed by atoms with Crippen LogP contribution in [-0.2, 0) is 14.8 Å². The molecule has 9 heteroatoms. The van der Waals surface area contributed by atoms with Gasteiger partial charge in [-0.25, -0.2) is 12.8 Å². The van der Waals surface area contributed by atoms with Crippen LogP contribution in [0.5, 0.6) is 5.75 Å². The maximum Gasteiger partial charge on any atom is 0.265 e. The Morgan fingerprint density at radius 3 is 2.55 bits per heavy atom. The summed E-state index contributed by atoms with van der Waals surface area (Å²) >= 11 is 0. The van der Waals surface area contributed by atoms with Crippen molar-refractivity contribution in [1.82, 2.24) is 4.98 Å². The first kappa shape index (κ1) is 22.2. The molecule has 0 aliphatic carbocycles. The predicted molar refractivity (Wildman–Crippen MR) is 124 cm³/mol. The Morgan fingerprint density at radius 1 is 1.03 bits per heavy atom. The molecule has 1 amide bonds. The third-order valence-electron chi connectivity index (χ3n) is 4.99. The molecule has 4 aromatic rings. The molecule has 0 radical (unpaired) electrons. The smallest absolute Gasteiger partial charge is 0.265 e. The molecular weight excluding hydrogens is 445 g/mol. The molecular formula is C24H20FN3O4S.